The van der Waals surface area contributed by atoms with Crippen LogP contribution in [0.1, 0.15) is 43.2 Å². The maximum Gasteiger partial charge on any atom is 0.115 e. The van der Waals surface area contributed by atoms with Gasteiger partial charge in [0.15, 0.2) is 0 Å². The average molecular weight is 366 g/mol. The van der Waals surface area contributed by atoms with Gasteiger partial charge in [0, 0.05) is 19.6 Å². The molecule has 1 saturated carbocycles. The van der Waals surface area contributed by atoms with Gasteiger partial charge >= 0.3 is 0 Å². The molecule has 144 valence electrons. The van der Waals surface area contributed by atoms with Crippen LogP contribution in [0.2, 0.25) is 0 Å². The number of hydrogen-bond donors (Lipinski definition) is 2. The Hall–Kier alpha value is -1.84. The second kappa shape index (κ2) is 7.65. The predicted octanol–water partition coefficient (Wildman–Crippen LogP) is 4.20. The molecule has 4 rings (SSSR count). The van der Waals surface area contributed by atoms with Crippen molar-refractivity contribution < 1.29 is 10.2 Å². The minimum absolute atomic E-state index is 0.330. The zero-order valence-electron chi connectivity index (χ0n) is 16.2. The van der Waals surface area contributed by atoms with Gasteiger partial charge in [-0.2, -0.15) is 0 Å². The third kappa shape index (κ3) is 4.36. The molecule has 0 spiro atoms. The van der Waals surface area contributed by atoms with Crippen LogP contribution in [-0.4, -0.2) is 40.3 Å². The molecule has 2 N–H and O–H groups in total. The van der Waals surface area contributed by atoms with E-state index in [2.05, 4.69) is 36.1 Å². The van der Waals surface area contributed by atoms with Crippen LogP contribution in [0.3, 0.4) is 0 Å². The Balaban J connectivity index is 1.28. The van der Waals surface area contributed by atoms with Crippen LogP contribution in [0, 0.1) is 11.8 Å². The molecule has 1 heterocycles. The standard InChI is InChI=1S/C24H31NO2/c1-18(20-7-9-23(26)10-8-20)15-25-16-21-13-24(27,14-22(21)17-25)12-11-19-5-3-2-4-6-19/h2-10,18,21-22,26-27H,11-17H2,1H3/t18?,21-,22+,24?. The quantitative estimate of drug-likeness (QED) is 0.806. The van der Waals surface area contributed by atoms with Crippen LogP contribution in [0.15, 0.2) is 54.6 Å². The molecule has 2 aromatic rings. The first-order chi connectivity index (χ1) is 13.0. The molecule has 0 aromatic heterocycles. The van der Waals surface area contributed by atoms with Crippen LogP contribution in [0.25, 0.3) is 0 Å². The van der Waals surface area contributed by atoms with Gasteiger partial charge < -0.3 is 15.1 Å². The Morgan fingerprint density at radius 2 is 1.63 bits per heavy atom. The number of nitrogens with zero attached hydrogens (tertiary/aromatic N) is 1. The summed E-state index contributed by atoms with van der Waals surface area (Å²) in [5.74, 6) is 2.06. The number of hydrogen-bond acceptors (Lipinski definition) is 3. The number of benzene rings is 2. The lowest BCUT2D eigenvalue weighted by Crippen LogP contribution is -2.32. The minimum Gasteiger partial charge on any atom is -0.508 e. The molecule has 3 heteroatoms. The van der Waals surface area contributed by atoms with Gasteiger partial charge in [0.2, 0.25) is 0 Å². The van der Waals surface area contributed by atoms with Gasteiger partial charge in [-0.25, -0.2) is 0 Å². The highest BCUT2D eigenvalue weighted by Gasteiger charge is 2.47. The van der Waals surface area contributed by atoms with E-state index in [-0.39, 0.29) is 0 Å². The van der Waals surface area contributed by atoms with Gasteiger partial charge in [0.1, 0.15) is 5.75 Å². The summed E-state index contributed by atoms with van der Waals surface area (Å²) in [7, 11) is 0. The SMILES string of the molecule is CC(CN1C[C@@H]2CC(O)(CCc3ccccc3)C[C@@H]2C1)c1ccc(O)cc1. The molecule has 1 aliphatic heterocycles. The Morgan fingerprint density at radius 1 is 1.00 bits per heavy atom. The molecule has 0 radical (unpaired) electrons. The van der Waals surface area contributed by atoms with E-state index in [0.29, 0.717) is 23.5 Å². The van der Waals surface area contributed by atoms with Gasteiger partial charge in [-0.3, -0.25) is 0 Å². The van der Waals surface area contributed by atoms with E-state index in [4.69, 9.17) is 0 Å². The van der Waals surface area contributed by atoms with Crippen LogP contribution in [0.5, 0.6) is 5.75 Å². The molecule has 2 aliphatic rings. The van der Waals surface area contributed by atoms with Crippen molar-refractivity contribution in [3.8, 4) is 5.75 Å². The second-order valence-corrected chi connectivity index (χ2v) is 8.85. The summed E-state index contributed by atoms with van der Waals surface area (Å²) >= 11 is 0. The monoisotopic (exact) mass is 365 g/mol. The Bertz CT molecular complexity index is 729. The summed E-state index contributed by atoms with van der Waals surface area (Å²) in [4.78, 5) is 2.57. The summed E-state index contributed by atoms with van der Waals surface area (Å²) in [6.45, 7) is 5.54. The molecule has 0 bridgehead atoms. The maximum absolute atomic E-state index is 11.1. The summed E-state index contributed by atoms with van der Waals surface area (Å²) in [6.07, 6.45) is 3.76. The smallest absolute Gasteiger partial charge is 0.115 e. The molecule has 0 amide bonds. The number of fused-ring (bicyclic) bond motifs is 1. The van der Waals surface area contributed by atoms with Crippen molar-refractivity contribution in [2.45, 2.75) is 44.1 Å². The lowest BCUT2D eigenvalue weighted by Gasteiger charge is -2.27. The zero-order chi connectivity index (χ0) is 18.9. The molecule has 1 saturated heterocycles. The number of phenols is 1. The number of aromatic hydroxyl groups is 1. The molecule has 2 aromatic carbocycles. The summed E-state index contributed by atoms with van der Waals surface area (Å²) in [5.41, 5.74) is 2.14. The van der Waals surface area contributed by atoms with Crippen LogP contribution in [0.4, 0.5) is 0 Å². The normalized spacial score (nSPS) is 29.0. The first-order valence-electron chi connectivity index (χ1n) is 10.3. The largest absolute Gasteiger partial charge is 0.508 e. The Labute approximate surface area is 162 Å². The van der Waals surface area contributed by atoms with Crippen LogP contribution in [-0.2, 0) is 6.42 Å². The molecule has 2 fully saturated rings. The van der Waals surface area contributed by atoms with Crippen molar-refractivity contribution in [2.24, 2.45) is 11.8 Å². The van der Waals surface area contributed by atoms with Gasteiger partial charge in [-0.1, -0.05) is 49.4 Å². The molecule has 27 heavy (non-hydrogen) atoms. The summed E-state index contributed by atoms with van der Waals surface area (Å²) in [6, 6.07) is 18.1. The van der Waals surface area contributed by atoms with Crippen molar-refractivity contribution >= 4 is 0 Å². The Morgan fingerprint density at radius 3 is 2.26 bits per heavy atom. The second-order valence-electron chi connectivity index (χ2n) is 8.85. The van der Waals surface area contributed by atoms with Crippen molar-refractivity contribution in [3.63, 3.8) is 0 Å². The van der Waals surface area contributed by atoms with Crippen molar-refractivity contribution in [1.82, 2.24) is 4.90 Å². The number of phenolic OH excluding ortho intramolecular Hbond substituents is 1. The Kier molecular flexibility index (Phi) is 5.25. The van der Waals surface area contributed by atoms with E-state index < -0.39 is 5.60 Å². The first kappa shape index (κ1) is 18.5. The third-order valence-corrected chi connectivity index (χ3v) is 6.65. The lowest BCUT2D eigenvalue weighted by atomic mass is 9.91. The lowest BCUT2D eigenvalue weighted by molar-refractivity contribution is 0.0268. The van der Waals surface area contributed by atoms with Crippen molar-refractivity contribution in [1.29, 1.82) is 0 Å². The molecular weight excluding hydrogens is 334 g/mol. The third-order valence-electron chi connectivity index (χ3n) is 6.65. The highest BCUT2D eigenvalue weighted by atomic mass is 16.3. The highest BCUT2D eigenvalue weighted by molar-refractivity contribution is 5.28. The maximum atomic E-state index is 11.1. The van der Waals surface area contributed by atoms with Gasteiger partial charge in [-0.05, 0) is 66.7 Å². The molecule has 1 aliphatic carbocycles. The van der Waals surface area contributed by atoms with E-state index in [9.17, 15) is 10.2 Å². The van der Waals surface area contributed by atoms with Gasteiger partial charge in [0.05, 0.1) is 5.60 Å². The number of likely N-dealkylation sites (tertiary alicyclic amines) is 1. The summed E-state index contributed by atoms with van der Waals surface area (Å²) in [5, 5.41) is 20.6. The van der Waals surface area contributed by atoms with Crippen molar-refractivity contribution in [3.05, 3.63) is 65.7 Å². The molecular formula is C24H31NO2. The van der Waals surface area contributed by atoms with E-state index in [1.165, 1.54) is 11.1 Å². The fourth-order valence-corrected chi connectivity index (χ4v) is 5.23. The highest BCUT2D eigenvalue weighted by Crippen LogP contribution is 2.46. The van der Waals surface area contributed by atoms with Crippen LogP contribution < -0.4 is 0 Å². The molecule has 3 nitrogen and oxygen atoms in total. The fourth-order valence-electron chi connectivity index (χ4n) is 5.23. The van der Waals surface area contributed by atoms with E-state index in [1.807, 2.05) is 18.2 Å². The van der Waals surface area contributed by atoms with Gasteiger partial charge in [0.25, 0.3) is 0 Å². The number of rotatable bonds is 6. The summed E-state index contributed by atoms with van der Waals surface area (Å²) < 4.78 is 0. The van der Waals surface area contributed by atoms with E-state index >= 15 is 0 Å². The molecule has 4 atom stereocenters. The van der Waals surface area contributed by atoms with E-state index in [1.54, 1.807) is 12.1 Å². The first-order valence-corrected chi connectivity index (χ1v) is 10.3. The fraction of sp³-hybridized carbons (Fsp3) is 0.500. The van der Waals surface area contributed by atoms with Crippen LogP contribution >= 0.6 is 0 Å². The van der Waals surface area contributed by atoms with Crippen molar-refractivity contribution in [2.75, 3.05) is 19.6 Å². The molecule has 2 unspecified atom stereocenters. The zero-order valence-corrected chi connectivity index (χ0v) is 16.2. The van der Waals surface area contributed by atoms with E-state index in [0.717, 1.165) is 45.3 Å². The predicted molar refractivity (Wildman–Crippen MR) is 109 cm³/mol. The average Bonchev–Trinajstić information content (AvgIpc) is 3.16. The van der Waals surface area contributed by atoms with Gasteiger partial charge in [-0.15, -0.1) is 0 Å². The topological polar surface area (TPSA) is 43.7 Å². The minimum atomic E-state index is -0.472. The number of aryl methyl sites for hydroxylation is 1. The number of aliphatic hydroxyl groups is 1.